The molecule has 1 fully saturated rings. The van der Waals surface area contributed by atoms with E-state index >= 15 is 0 Å². The maximum absolute atomic E-state index is 11.8. The van der Waals surface area contributed by atoms with Gasteiger partial charge in [-0.15, -0.1) is 0 Å². The lowest BCUT2D eigenvalue weighted by atomic mass is 9.97. The lowest BCUT2D eigenvalue weighted by Crippen LogP contribution is -2.34. The zero-order chi connectivity index (χ0) is 16.5. The van der Waals surface area contributed by atoms with E-state index in [0.717, 1.165) is 0 Å². The first-order valence-corrected chi connectivity index (χ1v) is 8.10. The average molecular weight is 422 g/mol. The van der Waals surface area contributed by atoms with Gasteiger partial charge in [0.05, 0.1) is 15.1 Å². The summed E-state index contributed by atoms with van der Waals surface area (Å²) in [5.41, 5.74) is -1.46. The van der Waals surface area contributed by atoms with Gasteiger partial charge in [-0.1, -0.05) is 0 Å². The summed E-state index contributed by atoms with van der Waals surface area (Å²) >= 11 is 1.86. The molecule has 122 valence electrons. The fourth-order valence-corrected chi connectivity index (χ4v) is 2.51. The zero-order valence-corrected chi connectivity index (χ0v) is 14.9. The molecule has 1 aliphatic rings. The molecular weight excluding hydrogens is 403 g/mol. The molecule has 2 rings (SSSR count). The van der Waals surface area contributed by atoms with Crippen molar-refractivity contribution in [3.63, 3.8) is 0 Å². The van der Waals surface area contributed by atoms with Crippen LogP contribution in [-0.2, 0) is 14.3 Å². The van der Waals surface area contributed by atoms with Gasteiger partial charge < -0.3 is 9.47 Å². The van der Waals surface area contributed by atoms with Crippen LogP contribution in [0.2, 0.25) is 0 Å². The molecule has 0 radical (unpaired) electrons. The van der Waals surface area contributed by atoms with E-state index in [1.54, 1.807) is 20.8 Å². The Balaban J connectivity index is 1.99. The molecular formula is C14H19IN2O5. The van der Waals surface area contributed by atoms with Gasteiger partial charge in [0.25, 0.3) is 5.56 Å². The van der Waals surface area contributed by atoms with Crippen molar-refractivity contribution in [3.05, 3.63) is 30.6 Å². The lowest BCUT2D eigenvalue weighted by Gasteiger charge is -2.19. The zero-order valence-electron chi connectivity index (χ0n) is 12.7. The summed E-state index contributed by atoms with van der Waals surface area (Å²) < 4.78 is 12.8. The van der Waals surface area contributed by atoms with Gasteiger partial charge in [0.1, 0.15) is 12.8 Å². The van der Waals surface area contributed by atoms with Gasteiger partial charge >= 0.3 is 11.7 Å². The number of nitrogens with zero attached hydrogens (tertiary/aromatic N) is 1. The first-order chi connectivity index (χ1) is 10.2. The van der Waals surface area contributed by atoms with E-state index in [1.165, 1.54) is 10.8 Å². The summed E-state index contributed by atoms with van der Waals surface area (Å²) in [4.78, 5) is 37.2. The molecule has 1 N–H and O–H groups in total. The van der Waals surface area contributed by atoms with Gasteiger partial charge in [0, 0.05) is 6.20 Å². The van der Waals surface area contributed by atoms with Crippen LogP contribution >= 0.6 is 22.6 Å². The number of H-pyrrole nitrogens is 1. The number of aromatic nitrogens is 2. The van der Waals surface area contributed by atoms with Crippen LogP contribution in [0.4, 0.5) is 0 Å². The van der Waals surface area contributed by atoms with Crippen LogP contribution in [0.15, 0.2) is 15.8 Å². The second-order valence-electron chi connectivity index (χ2n) is 6.28. The molecule has 8 heteroatoms. The molecule has 0 saturated carbocycles. The summed E-state index contributed by atoms with van der Waals surface area (Å²) in [6, 6.07) is 0. The second kappa shape index (κ2) is 6.53. The summed E-state index contributed by atoms with van der Waals surface area (Å²) in [5.74, 6) is -0.282. The monoisotopic (exact) mass is 422 g/mol. The van der Waals surface area contributed by atoms with Crippen molar-refractivity contribution in [1.82, 2.24) is 9.55 Å². The minimum Gasteiger partial charge on any atom is -0.463 e. The highest BCUT2D eigenvalue weighted by atomic mass is 127. The van der Waals surface area contributed by atoms with E-state index in [0.29, 0.717) is 16.4 Å². The van der Waals surface area contributed by atoms with Crippen molar-refractivity contribution in [1.29, 1.82) is 0 Å². The molecule has 1 aromatic rings. The molecule has 7 nitrogen and oxygen atoms in total. The van der Waals surface area contributed by atoms with E-state index in [9.17, 15) is 14.4 Å². The number of hydrogen-bond acceptors (Lipinski definition) is 5. The maximum Gasteiger partial charge on any atom is 0.330 e. The third-order valence-corrected chi connectivity index (χ3v) is 4.10. The first kappa shape index (κ1) is 17.2. The Hall–Kier alpha value is -1.16. The topological polar surface area (TPSA) is 90.4 Å². The highest BCUT2D eigenvalue weighted by molar-refractivity contribution is 14.1. The number of aromatic amines is 1. The summed E-state index contributed by atoms with van der Waals surface area (Å²) in [5, 5.41) is 0. The van der Waals surface area contributed by atoms with Crippen LogP contribution in [0.25, 0.3) is 0 Å². The van der Waals surface area contributed by atoms with Gasteiger partial charge in [-0.25, -0.2) is 4.79 Å². The van der Waals surface area contributed by atoms with E-state index in [1.807, 2.05) is 22.6 Å². The molecule has 1 aromatic heterocycles. The van der Waals surface area contributed by atoms with Gasteiger partial charge in [-0.2, -0.15) is 0 Å². The number of carbonyl (C=O) groups is 1. The van der Waals surface area contributed by atoms with Crippen molar-refractivity contribution in [2.45, 2.75) is 45.9 Å². The highest BCUT2D eigenvalue weighted by Crippen LogP contribution is 2.27. The predicted octanol–water partition coefficient (Wildman–Crippen LogP) is 1.41. The third kappa shape index (κ3) is 3.97. The Morgan fingerprint density at radius 2 is 2.14 bits per heavy atom. The second-order valence-corrected chi connectivity index (χ2v) is 7.44. The fraction of sp³-hybridized carbons (Fsp3) is 0.643. The van der Waals surface area contributed by atoms with Crippen molar-refractivity contribution in [2.75, 3.05) is 6.61 Å². The Labute approximate surface area is 141 Å². The molecule has 2 atom stereocenters. The summed E-state index contributed by atoms with van der Waals surface area (Å²) in [7, 11) is 0. The van der Waals surface area contributed by atoms with Gasteiger partial charge in [0.15, 0.2) is 0 Å². The average Bonchev–Trinajstić information content (AvgIpc) is 2.87. The Kier molecular flexibility index (Phi) is 5.10. The number of hydrogen-bond donors (Lipinski definition) is 1. The molecule has 0 unspecified atom stereocenters. The Bertz CT molecular complexity index is 673. The van der Waals surface area contributed by atoms with Crippen LogP contribution < -0.4 is 11.2 Å². The van der Waals surface area contributed by atoms with E-state index in [2.05, 4.69) is 4.98 Å². The summed E-state index contributed by atoms with van der Waals surface area (Å²) in [6.45, 7) is 5.53. The van der Waals surface area contributed by atoms with Crippen LogP contribution in [0.5, 0.6) is 0 Å². The van der Waals surface area contributed by atoms with Gasteiger partial charge in [0.2, 0.25) is 0 Å². The SMILES string of the molecule is CC(C)(C)C(=O)OC[C@@H]1CC[C@H](n2cc(I)c(=O)[nH]c2=O)O1. The summed E-state index contributed by atoms with van der Waals surface area (Å²) in [6.07, 6.45) is 2.10. The Morgan fingerprint density at radius 3 is 2.77 bits per heavy atom. The minimum absolute atomic E-state index is 0.168. The van der Waals surface area contributed by atoms with Crippen molar-refractivity contribution < 1.29 is 14.3 Å². The van der Waals surface area contributed by atoms with Crippen molar-refractivity contribution >= 4 is 28.6 Å². The fourth-order valence-electron chi connectivity index (χ4n) is 2.07. The van der Waals surface area contributed by atoms with E-state index in [4.69, 9.17) is 9.47 Å². The molecule has 0 aromatic carbocycles. The largest absolute Gasteiger partial charge is 0.463 e. The lowest BCUT2D eigenvalue weighted by molar-refractivity contribution is -0.157. The Morgan fingerprint density at radius 1 is 1.45 bits per heavy atom. The molecule has 1 saturated heterocycles. The minimum atomic E-state index is -0.552. The van der Waals surface area contributed by atoms with Crippen molar-refractivity contribution in [3.8, 4) is 0 Å². The quantitative estimate of drug-likeness (QED) is 0.588. The highest BCUT2D eigenvalue weighted by Gasteiger charge is 2.30. The van der Waals surface area contributed by atoms with Crippen molar-refractivity contribution in [2.24, 2.45) is 5.41 Å². The number of nitrogens with one attached hydrogen (secondary N) is 1. The normalized spacial score (nSPS) is 21.8. The molecule has 0 bridgehead atoms. The molecule has 0 amide bonds. The molecule has 22 heavy (non-hydrogen) atoms. The van der Waals surface area contributed by atoms with Crippen LogP contribution in [-0.4, -0.2) is 28.2 Å². The molecule has 1 aliphatic heterocycles. The van der Waals surface area contributed by atoms with Gasteiger partial charge in [-0.05, 0) is 56.2 Å². The smallest absolute Gasteiger partial charge is 0.330 e. The molecule has 0 spiro atoms. The van der Waals surface area contributed by atoms with Crippen LogP contribution in [0, 0.1) is 8.99 Å². The molecule has 0 aliphatic carbocycles. The van der Waals surface area contributed by atoms with E-state index in [-0.39, 0.29) is 18.7 Å². The number of carbonyl (C=O) groups excluding carboxylic acids is 1. The van der Waals surface area contributed by atoms with Crippen LogP contribution in [0.1, 0.15) is 39.8 Å². The molecule has 2 heterocycles. The third-order valence-electron chi connectivity index (χ3n) is 3.33. The van der Waals surface area contributed by atoms with Crippen LogP contribution in [0.3, 0.4) is 0 Å². The standard InChI is InChI=1S/C14H19IN2O5/c1-14(2,3)12(19)21-7-8-4-5-10(22-8)17-6-9(15)11(18)16-13(17)20/h6,8,10H,4-5,7H2,1-3H3,(H,16,18,20)/t8-,10+/m0/s1. The maximum atomic E-state index is 11.8. The number of rotatable bonds is 3. The number of ether oxygens (including phenoxy) is 2. The van der Waals surface area contributed by atoms with E-state index < -0.39 is 22.9 Å². The predicted molar refractivity (Wildman–Crippen MR) is 87.6 cm³/mol. The van der Waals surface area contributed by atoms with Gasteiger partial charge in [-0.3, -0.25) is 19.1 Å². The number of halogens is 1. The first-order valence-electron chi connectivity index (χ1n) is 7.02. The number of esters is 1.